The molecule has 1 aromatic heterocycles. The molecule has 2 heterocycles. The fourth-order valence-corrected chi connectivity index (χ4v) is 5.11. The standard InChI is InChI=1S/C26H19FN2O4S/c1-14-3-12-19-20(13-14)34-26(28-19)29-22(15-6-10-18(33-2)11-7-15)21(24(31)25(29)32)23(30)16-4-8-17(27)9-5-16/h3-13,22,30H,1-2H3/b23-21+/t22-/m0/s1. The molecule has 1 N–H and O–H groups in total. The number of amides is 1. The highest BCUT2D eigenvalue weighted by molar-refractivity contribution is 7.22. The zero-order chi connectivity index (χ0) is 24.0. The van der Waals surface area contributed by atoms with Gasteiger partial charge in [0, 0.05) is 5.56 Å². The molecule has 170 valence electrons. The Bertz CT molecular complexity index is 1460. The number of hydrogen-bond acceptors (Lipinski definition) is 6. The quantitative estimate of drug-likeness (QED) is 0.244. The second kappa shape index (κ2) is 8.39. The normalized spacial score (nSPS) is 17.5. The van der Waals surface area contributed by atoms with Gasteiger partial charge in [0.15, 0.2) is 5.13 Å². The minimum atomic E-state index is -0.919. The Morgan fingerprint density at radius 1 is 1.06 bits per heavy atom. The van der Waals surface area contributed by atoms with Crippen molar-refractivity contribution in [2.45, 2.75) is 13.0 Å². The van der Waals surface area contributed by atoms with Crippen LogP contribution in [0.5, 0.6) is 5.75 Å². The summed E-state index contributed by atoms with van der Waals surface area (Å²) in [4.78, 5) is 32.4. The first kappa shape index (κ1) is 21.8. The highest BCUT2D eigenvalue weighted by atomic mass is 32.1. The van der Waals surface area contributed by atoms with Crippen LogP contribution in [-0.4, -0.2) is 28.9 Å². The number of aromatic nitrogens is 1. The Hall–Kier alpha value is -4.04. The molecule has 34 heavy (non-hydrogen) atoms. The number of aliphatic hydroxyl groups excluding tert-OH is 1. The third kappa shape index (κ3) is 3.62. The molecule has 1 fully saturated rings. The Kier molecular flexibility index (Phi) is 5.37. The Balaban J connectivity index is 1.72. The molecule has 3 aromatic carbocycles. The van der Waals surface area contributed by atoms with Crippen molar-refractivity contribution in [3.05, 3.63) is 94.8 Å². The number of carbonyl (C=O) groups excluding carboxylic acids is 2. The molecular weight excluding hydrogens is 455 g/mol. The van der Waals surface area contributed by atoms with E-state index >= 15 is 0 Å². The van der Waals surface area contributed by atoms with Crippen molar-refractivity contribution < 1.29 is 23.8 Å². The summed E-state index contributed by atoms with van der Waals surface area (Å²) in [5.74, 6) is -1.87. The first-order valence-electron chi connectivity index (χ1n) is 10.5. The lowest BCUT2D eigenvalue weighted by Gasteiger charge is -2.23. The van der Waals surface area contributed by atoms with Crippen LogP contribution in [0.4, 0.5) is 9.52 Å². The van der Waals surface area contributed by atoms with Gasteiger partial charge in [-0.05, 0) is 66.6 Å². The number of ether oxygens (including phenoxy) is 1. The summed E-state index contributed by atoms with van der Waals surface area (Å²) in [6.45, 7) is 1.96. The molecule has 0 saturated carbocycles. The average Bonchev–Trinajstić information content (AvgIpc) is 3.37. The SMILES string of the molecule is COc1ccc([C@H]2/C(=C(\O)c3ccc(F)cc3)C(=O)C(=O)N2c2nc3ccc(C)cc3s2)cc1. The number of methoxy groups -OCH3 is 1. The van der Waals surface area contributed by atoms with E-state index in [4.69, 9.17) is 4.74 Å². The Morgan fingerprint density at radius 2 is 1.76 bits per heavy atom. The van der Waals surface area contributed by atoms with Gasteiger partial charge < -0.3 is 9.84 Å². The molecule has 5 rings (SSSR count). The maximum Gasteiger partial charge on any atom is 0.301 e. The third-order valence-corrected chi connectivity index (χ3v) is 6.75. The number of Topliss-reactive ketones (excluding diaryl/α,β-unsaturated/α-hetero) is 1. The van der Waals surface area contributed by atoms with Crippen LogP contribution in [0.15, 0.2) is 72.3 Å². The summed E-state index contributed by atoms with van der Waals surface area (Å²) >= 11 is 1.30. The molecule has 0 aliphatic carbocycles. The lowest BCUT2D eigenvalue weighted by Crippen LogP contribution is -2.29. The van der Waals surface area contributed by atoms with Crippen molar-refractivity contribution in [3.63, 3.8) is 0 Å². The van der Waals surface area contributed by atoms with E-state index in [1.54, 1.807) is 31.4 Å². The predicted octanol–water partition coefficient (Wildman–Crippen LogP) is 5.38. The average molecular weight is 475 g/mol. The summed E-state index contributed by atoms with van der Waals surface area (Å²) in [5.41, 5.74) is 2.50. The van der Waals surface area contributed by atoms with Crippen molar-refractivity contribution in [1.82, 2.24) is 4.98 Å². The van der Waals surface area contributed by atoms with E-state index in [-0.39, 0.29) is 16.9 Å². The molecule has 0 unspecified atom stereocenters. The van der Waals surface area contributed by atoms with Crippen LogP contribution >= 0.6 is 11.3 Å². The molecule has 1 aliphatic rings. The first-order valence-corrected chi connectivity index (χ1v) is 11.3. The molecule has 4 aromatic rings. The molecular formula is C26H19FN2O4S. The maximum absolute atomic E-state index is 13.4. The molecule has 0 spiro atoms. The first-order chi connectivity index (χ1) is 16.4. The van der Waals surface area contributed by atoms with Crippen LogP contribution in [0, 0.1) is 12.7 Å². The van der Waals surface area contributed by atoms with Crippen LogP contribution in [0.3, 0.4) is 0 Å². The van der Waals surface area contributed by atoms with Gasteiger partial charge in [-0.2, -0.15) is 0 Å². The number of hydrogen-bond donors (Lipinski definition) is 1. The monoisotopic (exact) mass is 474 g/mol. The zero-order valence-electron chi connectivity index (χ0n) is 18.3. The van der Waals surface area contributed by atoms with Crippen molar-refractivity contribution in [1.29, 1.82) is 0 Å². The predicted molar refractivity (Wildman–Crippen MR) is 129 cm³/mol. The Morgan fingerprint density at radius 3 is 2.44 bits per heavy atom. The van der Waals surface area contributed by atoms with E-state index in [1.807, 2.05) is 25.1 Å². The molecule has 1 amide bonds. The topological polar surface area (TPSA) is 79.7 Å². The van der Waals surface area contributed by atoms with Gasteiger partial charge in [0.2, 0.25) is 0 Å². The lowest BCUT2D eigenvalue weighted by molar-refractivity contribution is -0.132. The second-order valence-electron chi connectivity index (χ2n) is 7.92. The number of benzene rings is 3. The van der Waals surface area contributed by atoms with Crippen LogP contribution in [0.25, 0.3) is 16.0 Å². The minimum absolute atomic E-state index is 0.0859. The number of anilines is 1. The van der Waals surface area contributed by atoms with Gasteiger partial charge >= 0.3 is 5.91 Å². The van der Waals surface area contributed by atoms with Gasteiger partial charge in [0.05, 0.1) is 28.9 Å². The summed E-state index contributed by atoms with van der Waals surface area (Å²) in [6, 6.07) is 16.8. The van der Waals surface area contributed by atoms with Crippen LogP contribution in [-0.2, 0) is 9.59 Å². The number of aliphatic hydroxyl groups is 1. The van der Waals surface area contributed by atoms with E-state index in [1.165, 1.54) is 40.5 Å². The summed E-state index contributed by atoms with van der Waals surface area (Å²) in [7, 11) is 1.54. The van der Waals surface area contributed by atoms with Crippen molar-refractivity contribution in [3.8, 4) is 5.75 Å². The van der Waals surface area contributed by atoms with Gasteiger partial charge in [0.1, 0.15) is 17.3 Å². The number of thiazole rings is 1. The molecule has 6 nitrogen and oxygen atoms in total. The minimum Gasteiger partial charge on any atom is -0.507 e. The fraction of sp³-hybridized carbons (Fsp3) is 0.115. The zero-order valence-corrected chi connectivity index (χ0v) is 19.1. The van der Waals surface area contributed by atoms with E-state index in [0.29, 0.717) is 22.0 Å². The van der Waals surface area contributed by atoms with Crippen molar-refractivity contribution in [2.24, 2.45) is 0 Å². The van der Waals surface area contributed by atoms with Gasteiger partial charge in [-0.3, -0.25) is 14.5 Å². The number of aryl methyl sites for hydroxylation is 1. The molecule has 0 bridgehead atoms. The van der Waals surface area contributed by atoms with Gasteiger partial charge in [-0.25, -0.2) is 9.37 Å². The molecule has 8 heteroatoms. The van der Waals surface area contributed by atoms with Gasteiger partial charge in [-0.15, -0.1) is 0 Å². The number of carbonyl (C=O) groups is 2. The summed E-state index contributed by atoms with van der Waals surface area (Å²) in [6.07, 6.45) is 0. The highest BCUT2D eigenvalue weighted by Crippen LogP contribution is 2.44. The maximum atomic E-state index is 13.4. The number of rotatable bonds is 4. The van der Waals surface area contributed by atoms with Crippen LogP contribution < -0.4 is 9.64 Å². The van der Waals surface area contributed by atoms with Crippen LogP contribution in [0.2, 0.25) is 0 Å². The van der Waals surface area contributed by atoms with Crippen molar-refractivity contribution >= 4 is 44.1 Å². The number of halogens is 1. The Labute approximate surface area is 198 Å². The van der Waals surface area contributed by atoms with Gasteiger partial charge in [0.25, 0.3) is 5.78 Å². The molecule has 1 aliphatic heterocycles. The van der Waals surface area contributed by atoms with E-state index in [0.717, 1.165) is 10.3 Å². The second-order valence-corrected chi connectivity index (χ2v) is 8.93. The fourth-order valence-electron chi connectivity index (χ4n) is 4.02. The van der Waals surface area contributed by atoms with E-state index in [2.05, 4.69) is 4.98 Å². The highest BCUT2D eigenvalue weighted by Gasteiger charge is 2.48. The smallest absolute Gasteiger partial charge is 0.301 e. The number of ketones is 1. The third-order valence-electron chi connectivity index (χ3n) is 5.73. The number of nitrogens with zero attached hydrogens (tertiary/aromatic N) is 2. The van der Waals surface area contributed by atoms with Crippen molar-refractivity contribution in [2.75, 3.05) is 12.0 Å². The van der Waals surface area contributed by atoms with Gasteiger partial charge in [-0.1, -0.05) is 29.5 Å². The van der Waals surface area contributed by atoms with Crippen LogP contribution in [0.1, 0.15) is 22.7 Å². The molecule has 0 radical (unpaired) electrons. The van der Waals surface area contributed by atoms with E-state index in [9.17, 15) is 19.1 Å². The largest absolute Gasteiger partial charge is 0.507 e. The molecule has 1 atom stereocenters. The summed E-state index contributed by atoms with van der Waals surface area (Å²) in [5, 5.41) is 11.4. The lowest BCUT2D eigenvalue weighted by atomic mass is 9.95. The molecule has 1 saturated heterocycles. The number of fused-ring (bicyclic) bond motifs is 1. The summed E-state index contributed by atoms with van der Waals surface area (Å²) < 4.78 is 19.6. The van der Waals surface area contributed by atoms with E-state index < -0.39 is 23.5 Å².